The van der Waals surface area contributed by atoms with Crippen molar-refractivity contribution in [3.05, 3.63) is 24.3 Å². The van der Waals surface area contributed by atoms with Crippen molar-refractivity contribution < 1.29 is 41.1 Å². The Morgan fingerprint density at radius 2 is 1.67 bits per heavy atom. The van der Waals surface area contributed by atoms with Gasteiger partial charge in [0.15, 0.2) is 9.84 Å². The van der Waals surface area contributed by atoms with Gasteiger partial charge in [-0.2, -0.15) is 18.4 Å². The van der Waals surface area contributed by atoms with Gasteiger partial charge < -0.3 is 15.3 Å². The standard InChI is InChI=1S/C25H36N4O4S2.C2HF3O2/c1-19(2)28-13-15-29(16-14-28)24(30)17-34-21-7-9-22(10-8-21)35(32,33)18-20-5-3-4-6-23(20)25(31)27-12-11-26;3-2(4,5)1(6)7/h7-10,19-20,23H,3-6,12-18H2,1-2H3,(H,27,31);(H,6,7)/t20-,23+;/m1./s1. The molecule has 2 atom stereocenters. The number of thioether (sulfide) groups is 1. The second kappa shape index (κ2) is 16.1. The molecule has 2 aliphatic rings. The van der Waals surface area contributed by atoms with Gasteiger partial charge in [-0.1, -0.05) is 12.8 Å². The van der Waals surface area contributed by atoms with Crippen molar-refractivity contribution in [1.29, 1.82) is 5.26 Å². The van der Waals surface area contributed by atoms with Crippen molar-refractivity contribution >= 4 is 39.4 Å². The van der Waals surface area contributed by atoms with E-state index in [2.05, 4.69) is 24.1 Å². The zero-order valence-electron chi connectivity index (χ0n) is 23.6. The SMILES string of the molecule is CC(C)N1CCN(C(=O)CSc2ccc(S(=O)(=O)C[C@H]3CCCC[C@@H]3C(=O)NCC#N)cc2)CC1.O=C(O)C(F)(F)F. The molecule has 0 unspecified atom stereocenters. The molecule has 1 saturated carbocycles. The molecule has 10 nitrogen and oxygen atoms in total. The highest BCUT2D eigenvalue weighted by Crippen LogP contribution is 2.33. The number of amides is 2. The topological polar surface area (TPSA) is 148 Å². The highest BCUT2D eigenvalue weighted by atomic mass is 32.2. The Kier molecular flexibility index (Phi) is 13.6. The van der Waals surface area contributed by atoms with E-state index in [1.165, 1.54) is 11.8 Å². The molecule has 1 saturated heterocycles. The van der Waals surface area contributed by atoms with E-state index >= 15 is 0 Å². The van der Waals surface area contributed by atoms with Crippen LogP contribution in [-0.2, 0) is 24.2 Å². The van der Waals surface area contributed by atoms with E-state index in [9.17, 15) is 31.2 Å². The second-order valence-electron chi connectivity index (χ2n) is 10.4. The normalized spacial score (nSPS) is 19.8. The third-order valence-corrected chi connectivity index (χ3v) is 10.1. The smallest absolute Gasteiger partial charge is 0.475 e. The van der Waals surface area contributed by atoms with Gasteiger partial charge in [0.05, 0.1) is 22.5 Å². The predicted octanol–water partition coefficient (Wildman–Crippen LogP) is 3.18. The zero-order chi connectivity index (χ0) is 31.5. The first kappa shape index (κ1) is 35.4. The maximum absolute atomic E-state index is 13.1. The van der Waals surface area contributed by atoms with Crippen LogP contribution < -0.4 is 5.32 Å². The van der Waals surface area contributed by atoms with Crippen LogP contribution >= 0.6 is 11.8 Å². The summed E-state index contributed by atoms with van der Waals surface area (Å²) >= 11 is 1.42. The molecule has 3 rings (SSSR count). The molecule has 0 radical (unpaired) electrons. The number of hydrogen-bond donors (Lipinski definition) is 2. The number of piperazine rings is 1. The lowest BCUT2D eigenvalue weighted by Crippen LogP contribution is -2.51. The number of carbonyl (C=O) groups is 3. The van der Waals surface area contributed by atoms with Crippen molar-refractivity contribution in [2.75, 3.05) is 44.2 Å². The fraction of sp³-hybridized carbons (Fsp3) is 0.630. The van der Waals surface area contributed by atoms with E-state index in [0.29, 0.717) is 24.6 Å². The van der Waals surface area contributed by atoms with Crippen LogP contribution in [0.4, 0.5) is 13.2 Å². The summed E-state index contributed by atoms with van der Waals surface area (Å²) in [7, 11) is -3.56. The van der Waals surface area contributed by atoms with Crippen LogP contribution in [0, 0.1) is 23.2 Å². The average Bonchev–Trinajstić information content (AvgIpc) is 2.94. The van der Waals surface area contributed by atoms with Crippen LogP contribution in [0.15, 0.2) is 34.1 Å². The Labute approximate surface area is 248 Å². The minimum absolute atomic E-state index is 0.0649. The molecule has 234 valence electrons. The monoisotopic (exact) mass is 634 g/mol. The molecule has 0 spiro atoms. The molecule has 1 aromatic carbocycles. The van der Waals surface area contributed by atoms with Gasteiger partial charge in [0, 0.05) is 43.0 Å². The molecule has 15 heteroatoms. The number of nitrogens with zero attached hydrogens (tertiary/aromatic N) is 3. The van der Waals surface area contributed by atoms with E-state index in [4.69, 9.17) is 15.2 Å². The molecule has 42 heavy (non-hydrogen) atoms. The minimum Gasteiger partial charge on any atom is -0.475 e. The summed E-state index contributed by atoms with van der Waals surface area (Å²) in [4.78, 5) is 39.3. The lowest BCUT2D eigenvalue weighted by atomic mass is 9.80. The third kappa shape index (κ3) is 11.1. The maximum atomic E-state index is 13.1. The molecule has 2 fully saturated rings. The number of carboxylic acid groups (broad SMARTS) is 1. The molecule has 1 aromatic rings. The summed E-state index contributed by atoms with van der Waals surface area (Å²) in [6, 6.07) is 9.07. The summed E-state index contributed by atoms with van der Waals surface area (Å²) in [6.07, 6.45) is -1.96. The number of nitriles is 1. The van der Waals surface area contributed by atoms with E-state index in [0.717, 1.165) is 43.9 Å². The van der Waals surface area contributed by atoms with E-state index in [-0.39, 0.29) is 40.8 Å². The zero-order valence-corrected chi connectivity index (χ0v) is 25.2. The van der Waals surface area contributed by atoms with Gasteiger partial charge >= 0.3 is 12.1 Å². The van der Waals surface area contributed by atoms with Gasteiger partial charge in [0.2, 0.25) is 11.8 Å². The predicted molar refractivity (Wildman–Crippen MR) is 150 cm³/mol. The van der Waals surface area contributed by atoms with E-state index in [1.54, 1.807) is 24.3 Å². The fourth-order valence-electron chi connectivity index (χ4n) is 4.86. The number of halogens is 3. The summed E-state index contributed by atoms with van der Waals surface area (Å²) < 4.78 is 57.9. The summed E-state index contributed by atoms with van der Waals surface area (Å²) in [5.41, 5.74) is 0. The number of alkyl halides is 3. The molecule has 2 amide bonds. The third-order valence-electron chi connectivity index (χ3n) is 7.21. The Balaban J connectivity index is 0.000000782. The molecule has 0 bridgehead atoms. The number of carboxylic acids is 1. The average molecular weight is 635 g/mol. The van der Waals surface area contributed by atoms with Crippen molar-refractivity contribution in [2.45, 2.75) is 61.5 Å². The van der Waals surface area contributed by atoms with Gasteiger partial charge in [-0.25, -0.2) is 13.2 Å². The number of sulfone groups is 1. The fourth-order valence-corrected chi connectivity index (χ4v) is 7.36. The van der Waals surface area contributed by atoms with Crippen molar-refractivity contribution in [3.8, 4) is 6.07 Å². The molecule has 1 heterocycles. The van der Waals surface area contributed by atoms with Crippen LogP contribution in [-0.4, -0.2) is 97.6 Å². The number of hydrogen-bond acceptors (Lipinski definition) is 8. The van der Waals surface area contributed by atoms with Crippen molar-refractivity contribution in [2.24, 2.45) is 11.8 Å². The van der Waals surface area contributed by atoms with Crippen LogP contribution in [0.25, 0.3) is 0 Å². The Morgan fingerprint density at radius 3 is 2.19 bits per heavy atom. The van der Waals surface area contributed by atoms with Gasteiger partial charge in [-0.05, 0) is 56.9 Å². The summed E-state index contributed by atoms with van der Waals surface area (Å²) in [6.45, 7) is 7.53. The molecular formula is C27H37F3N4O6S2. The number of benzene rings is 1. The van der Waals surface area contributed by atoms with E-state index < -0.39 is 22.0 Å². The highest BCUT2D eigenvalue weighted by Gasteiger charge is 2.38. The summed E-state index contributed by atoms with van der Waals surface area (Å²) in [5.74, 6) is -3.26. The molecule has 0 aromatic heterocycles. The van der Waals surface area contributed by atoms with Crippen molar-refractivity contribution in [1.82, 2.24) is 15.1 Å². The minimum atomic E-state index is -5.08. The van der Waals surface area contributed by atoms with Gasteiger partial charge in [-0.3, -0.25) is 14.5 Å². The Hall–Kier alpha value is -2.83. The van der Waals surface area contributed by atoms with Crippen molar-refractivity contribution in [3.63, 3.8) is 0 Å². The lowest BCUT2D eigenvalue weighted by Gasteiger charge is -2.36. The molecule has 2 N–H and O–H groups in total. The van der Waals surface area contributed by atoms with Crippen LogP contribution in [0.3, 0.4) is 0 Å². The van der Waals surface area contributed by atoms with Gasteiger partial charge in [-0.15, -0.1) is 11.8 Å². The maximum Gasteiger partial charge on any atom is 0.490 e. The Morgan fingerprint density at radius 1 is 1.10 bits per heavy atom. The first-order chi connectivity index (χ1) is 19.7. The number of rotatable bonds is 9. The van der Waals surface area contributed by atoms with Crippen LogP contribution in [0.1, 0.15) is 39.5 Å². The molecular weight excluding hydrogens is 597 g/mol. The molecule has 1 aliphatic carbocycles. The molecule has 1 aliphatic heterocycles. The summed E-state index contributed by atoms with van der Waals surface area (Å²) in [5, 5.41) is 18.4. The number of carbonyl (C=O) groups excluding carboxylic acids is 2. The highest BCUT2D eigenvalue weighted by molar-refractivity contribution is 8.00. The number of nitrogens with one attached hydrogen (secondary N) is 1. The van der Waals surface area contributed by atoms with Gasteiger partial charge in [0.25, 0.3) is 0 Å². The number of aliphatic carboxylic acids is 1. The quantitative estimate of drug-likeness (QED) is 0.309. The lowest BCUT2D eigenvalue weighted by molar-refractivity contribution is -0.192. The van der Waals surface area contributed by atoms with Crippen LogP contribution in [0.2, 0.25) is 0 Å². The van der Waals surface area contributed by atoms with Gasteiger partial charge in [0.1, 0.15) is 6.54 Å². The first-order valence-electron chi connectivity index (χ1n) is 13.6. The Bertz CT molecular complexity index is 1210. The largest absolute Gasteiger partial charge is 0.490 e. The van der Waals surface area contributed by atoms with Crippen LogP contribution in [0.5, 0.6) is 0 Å². The van der Waals surface area contributed by atoms with E-state index in [1.807, 2.05) is 11.0 Å². The first-order valence-corrected chi connectivity index (χ1v) is 16.2. The second-order valence-corrected chi connectivity index (χ2v) is 13.5.